The lowest BCUT2D eigenvalue weighted by Crippen LogP contribution is -2.43. The van der Waals surface area contributed by atoms with E-state index >= 15 is 0 Å². The van der Waals surface area contributed by atoms with Gasteiger partial charge in [0.25, 0.3) is 11.8 Å². The van der Waals surface area contributed by atoms with Gasteiger partial charge in [-0.25, -0.2) is 0 Å². The fraction of sp³-hybridized carbons (Fsp3) is 0.238. The van der Waals surface area contributed by atoms with Gasteiger partial charge in [0.1, 0.15) is 5.75 Å². The number of methoxy groups -OCH3 is 1. The van der Waals surface area contributed by atoms with Crippen molar-refractivity contribution < 1.29 is 28.7 Å². The predicted molar refractivity (Wildman–Crippen MR) is 111 cm³/mol. The highest BCUT2D eigenvalue weighted by Crippen LogP contribution is 2.23. The number of hydrazine groups is 1. The molecule has 2 N–H and O–H groups in total. The van der Waals surface area contributed by atoms with Gasteiger partial charge >= 0.3 is 5.97 Å². The second-order valence-corrected chi connectivity index (χ2v) is 7.15. The first-order valence-electron chi connectivity index (χ1n) is 9.34. The molecule has 0 aromatic heterocycles. The van der Waals surface area contributed by atoms with Crippen LogP contribution in [-0.4, -0.2) is 49.0 Å². The molecule has 2 aromatic rings. The summed E-state index contributed by atoms with van der Waals surface area (Å²) in [6.07, 6.45) is -0.131. The molecule has 0 bridgehead atoms. The van der Waals surface area contributed by atoms with E-state index in [4.69, 9.17) is 21.1 Å². The van der Waals surface area contributed by atoms with Crippen molar-refractivity contribution in [3.05, 3.63) is 59.1 Å². The maximum absolute atomic E-state index is 12.3. The Morgan fingerprint density at radius 1 is 1.13 bits per heavy atom. The molecule has 0 radical (unpaired) electrons. The number of benzene rings is 2. The number of halogens is 1. The van der Waals surface area contributed by atoms with E-state index in [1.54, 1.807) is 36.4 Å². The average molecular weight is 446 g/mol. The fourth-order valence-electron chi connectivity index (χ4n) is 2.95. The van der Waals surface area contributed by atoms with E-state index in [2.05, 4.69) is 10.7 Å². The lowest BCUT2D eigenvalue weighted by Gasteiger charge is -2.17. The van der Waals surface area contributed by atoms with E-state index in [1.165, 1.54) is 19.2 Å². The van der Waals surface area contributed by atoms with Gasteiger partial charge in [-0.2, -0.15) is 0 Å². The van der Waals surface area contributed by atoms with E-state index < -0.39 is 36.2 Å². The summed E-state index contributed by atoms with van der Waals surface area (Å²) in [6.45, 7) is -0.566. The van der Waals surface area contributed by atoms with E-state index in [0.717, 1.165) is 5.01 Å². The summed E-state index contributed by atoms with van der Waals surface area (Å²) in [7, 11) is 1.47. The van der Waals surface area contributed by atoms with Crippen molar-refractivity contribution in [2.75, 3.05) is 25.6 Å². The minimum absolute atomic E-state index is 0.0505. The van der Waals surface area contributed by atoms with Gasteiger partial charge in [0.2, 0.25) is 5.91 Å². The molecule has 1 fully saturated rings. The quantitative estimate of drug-likeness (QED) is 0.630. The molecule has 9 nitrogen and oxygen atoms in total. The standard InChI is InChI=1S/C21H20ClN3O6/c1-30-17-5-3-2-4-16(17)23-18(26)12-31-21(29)14-10-19(27)25(11-14)24-20(28)13-6-8-15(22)9-7-13/h2-9,14H,10-12H2,1H3,(H,23,26)(H,24,28)/t14-/m1/s1. The first-order valence-corrected chi connectivity index (χ1v) is 9.71. The molecule has 3 amide bonds. The van der Waals surface area contributed by atoms with Gasteiger partial charge in [0.15, 0.2) is 6.61 Å². The molecule has 0 spiro atoms. The molecule has 1 aliphatic heterocycles. The van der Waals surface area contributed by atoms with Gasteiger partial charge in [-0.3, -0.25) is 29.6 Å². The normalized spacial score (nSPS) is 15.4. The van der Waals surface area contributed by atoms with Crippen LogP contribution in [0.5, 0.6) is 5.75 Å². The number of hydrogen-bond donors (Lipinski definition) is 2. The largest absolute Gasteiger partial charge is 0.495 e. The van der Waals surface area contributed by atoms with E-state index in [-0.39, 0.29) is 13.0 Å². The van der Waals surface area contributed by atoms with Crippen molar-refractivity contribution in [2.24, 2.45) is 5.92 Å². The number of esters is 1. The van der Waals surface area contributed by atoms with Crippen molar-refractivity contribution in [3.63, 3.8) is 0 Å². The number of amides is 3. The Bertz CT molecular complexity index is 995. The third-order valence-corrected chi connectivity index (χ3v) is 4.78. The van der Waals surface area contributed by atoms with Gasteiger partial charge in [0.05, 0.1) is 25.3 Å². The van der Waals surface area contributed by atoms with Crippen LogP contribution in [0, 0.1) is 5.92 Å². The molecule has 0 unspecified atom stereocenters. The highest BCUT2D eigenvalue weighted by atomic mass is 35.5. The molecule has 2 aromatic carbocycles. The zero-order chi connectivity index (χ0) is 22.4. The summed E-state index contributed by atoms with van der Waals surface area (Å²) in [6, 6.07) is 12.9. The molecule has 1 aliphatic rings. The number of hydrogen-bond acceptors (Lipinski definition) is 6. The molecule has 1 heterocycles. The third-order valence-electron chi connectivity index (χ3n) is 4.53. The number of carbonyl (C=O) groups is 4. The summed E-state index contributed by atoms with van der Waals surface area (Å²) in [5.74, 6) is -2.51. The number of carbonyl (C=O) groups excluding carboxylic acids is 4. The highest BCUT2D eigenvalue weighted by molar-refractivity contribution is 6.30. The number of ether oxygens (including phenoxy) is 2. The summed E-state index contributed by atoms with van der Waals surface area (Å²) in [5.41, 5.74) is 3.22. The lowest BCUT2D eigenvalue weighted by atomic mass is 10.1. The zero-order valence-electron chi connectivity index (χ0n) is 16.6. The number of anilines is 1. The first kappa shape index (κ1) is 22.1. The first-order chi connectivity index (χ1) is 14.9. The second kappa shape index (κ2) is 9.94. The van der Waals surface area contributed by atoms with Crippen LogP contribution in [-0.2, 0) is 19.1 Å². The van der Waals surface area contributed by atoms with Gasteiger partial charge in [-0.1, -0.05) is 23.7 Å². The van der Waals surface area contributed by atoms with E-state index in [1.807, 2.05) is 0 Å². The van der Waals surface area contributed by atoms with Crippen molar-refractivity contribution in [1.82, 2.24) is 10.4 Å². The lowest BCUT2D eigenvalue weighted by molar-refractivity contribution is -0.151. The van der Waals surface area contributed by atoms with Crippen molar-refractivity contribution in [3.8, 4) is 5.75 Å². The van der Waals surface area contributed by atoms with Crippen LogP contribution in [0.2, 0.25) is 5.02 Å². The van der Waals surface area contributed by atoms with Crippen molar-refractivity contribution in [1.29, 1.82) is 0 Å². The van der Waals surface area contributed by atoms with Crippen LogP contribution in [0.4, 0.5) is 5.69 Å². The Labute approximate surface area is 183 Å². The van der Waals surface area contributed by atoms with Crippen LogP contribution < -0.4 is 15.5 Å². The van der Waals surface area contributed by atoms with Gasteiger partial charge in [0, 0.05) is 17.0 Å². The maximum Gasteiger partial charge on any atom is 0.311 e. The summed E-state index contributed by atoms with van der Waals surface area (Å²) < 4.78 is 10.2. The summed E-state index contributed by atoms with van der Waals surface area (Å²) >= 11 is 5.79. The minimum Gasteiger partial charge on any atom is -0.495 e. The highest BCUT2D eigenvalue weighted by Gasteiger charge is 2.36. The molecule has 1 atom stereocenters. The van der Waals surface area contributed by atoms with E-state index in [9.17, 15) is 19.2 Å². The molecular weight excluding hydrogens is 426 g/mol. The average Bonchev–Trinajstić information content (AvgIpc) is 3.13. The Morgan fingerprint density at radius 2 is 1.84 bits per heavy atom. The Balaban J connectivity index is 1.49. The Kier molecular flexibility index (Phi) is 7.09. The second-order valence-electron chi connectivity index (χ2n) is 6.71. The van der Waals surface area contributed by atoms with Gasteiger partial charge < -0.3 is 14.8 Å². The van der Waals surface area contributed by atoms with Crippen LogP contribution in [0.1, 0.15) is 16.8 Å². The topological polar surface area (TPSA) is 114 Å². The van der Waals surface area contributed by atoms with Gasteiger partial charge in [-0.05, 0) is 36.4 Å². The van der Waals surface area contributed by atoms with Crippen molar-refractivity contribution in [2.45, 2.75) is 6.42 Å². The number of para-hydroxylation sites is 2. The Hall–Kier alpha value is -3.59. The summed E-state index contributed by atoms with van der Waals surface area (Å²) in [4.78, 5) is 48.7. The molecule has 3 rings (SSSR count). The SMILES string of the molecule is COc1ccccc1NC(=O)COC(=O)[C@@H]1CC(=O)N(NC(=O)c2ccc(Cl)cc2)C1. The molecule has 1 saturated heterocycles. The molecule has 31 heavy (non-hydrogen) atoms. The predicted octanol–water partition coefficient (Wildman–Crippen LogP) is 2.02. The van der Waals surface area contributed by atoms with Crippen molar-refractivity contribution >= 4 is 41.0 Å². The zero-order valence-corrected chi connectivity index (χ0v) is 17.3. The maximum atomic E-state index is 12.3. The summed E-state index contributed by atoms with van der Waals surface area (Å²) in [5, 5.41) is 4.13. The molecule has 0 saturated carbocycles. The fourth-order valence-corrected chi connectivity index (χ4v) is 3.08. The van der Waals surface area contributed by atoms with Crippen LogP contribution in [0.3, 0.4) is 0 Å². The third kappa shape index (κ3) is 5.73. The van der Waals surface area contributed by atoms with Crippen LogP contribution in [0.15, 0.2) is 48.5 Å². The monoisotopic (exact) mass is 445 g/mol. The molecule has 162 valence electrons. The number of nitrogens with one attached hydrogen (secondary N) is 2. The van der Waals surface area contributed by atoms with Crippen LogP contribution >= 0.6 is 11.6 Å². The van der Waals surface area contributed by atoms with E-state index in [0.29, 0.717) is 22.0 Å². The number of nitrogens with zero attached hydrogens (tertiary/aromatic N) is 1. The Morgan fingerprint density at radius 3 is 2.55 bits per heavy atom. The molecular formula is C21H20ClN3O6. The smallest absolute Gasteiger partial charge is 0.311 e. The molecule has 10 heteroatoms. The van der Waals surface area contributed by atoms with Crippen LogP contribution in [0.25, 0.3) is 0 Å². The molecule has 0 aliphatic carbocycles. The minimum atomic E-state index is -0.794. The number of rotatable bonds is 7. The van der Waals surface area contributed by atoms with Gasteiger partial charge in [-0.15, -0.1) is 0 Å².